The standard InChI is InChI=1S/C29H30N2S/c1-19(2)24-14-10-15-25(20(3)4)29(24)30-21(5)26-18-17-22-11-9-16-27(28(22)31-26)32-23-12-7-6-8-13-23/h6-20H,1-5H3. The molecule has 162 valence electrons. The summed E-state index contributed by atoms with van der Waals surface area (Å²) in [5, 5.41) is 1.15. The van der Waals surface area contributed by atoms with Gasteiger partial charge in [-0.2, -0.15) is 0 Å². The Morgan fingerprint density at radius 2 is 1.41 bits per heavy atom. The van der Waals surface area contributed by atoms with Crippen LogP contribution in [0.1, 0.15) is 63.3 Å². The Hall–Kier alpha value is -2.91. The van der Waals surface area contributed by atoms with Crippen LogP contribution in [0.15, 0.2) is 93.6 Å². The molecule has 4 rings (SSSR count). The number of aromatic nitrogens is 1. The molecule has 0 N–H and O–H groups in total. The van der Waals surface area contributed by atoms with Crippen LogP contribution in [0.2, 0.25) is 0 Å². The van der Waals surface area contributed by atoms with Crippen molar-refractivity contribution < 1.29 is 0 Å². The molecule has 0 bridgehead atoms. The smallest absolute Gasteiger partial charge is 0.0850 e. The third-order valence-corrected chi connectivity index (χ3v) is 6.70. The number of hydrogen-bond donors (Lipinski definition) is 0. The first-order chi connectivity index (χ1) is 15.4. The van der Waals surface area contributed by atoms with E-state index in [2.05, 4.69) is 107 Å². The Kier molecular flexibility index (Phi) is 6.76. The van der Waals surface area contributed by atoms with Crippen LogP contribution < -0.4 is 0 Å². The highest BCUT2D eigenvalue weighted by Crippen LogP contribution is 2.36. The summed E-state index contributed by atoms with van der Waals surface area (Å²) in [5.74, 6) is 0.831. The average Bonchev–Trinajstić information content (AvgIpc) is 2.79. The van der Waals surface area contributed by atoms with Crippen LogP contribution in [0.25, 0.3) is 10.9 Å². The molecule has 0 spiro atoms. The van der Waals surface area contributed by atoms with Gasteiger partial charge in [-0.05, 0) is 54.2 Å². The Labute approximate surface area is 195 Å². The van der Waals surface area contributed by atoms with Gasteiger partial charge in [-0.1, -0.05) is 94.1 Å². The molecule has 0 fully saturated rings. The van der Waals surface area contributed by atoms with Crippen LogP contribution >= 0.6 is 11.8 Å². The lowest BCUT2D eigenvalue weighted by molar-refractivity contribution is 0.834. The van der Waals surface area contributed by atoms with E-state index in [-0.39, 0.29) is 0 Å². The zero-order valence-corrected chi connectivity index (χ0v) is 20.3. The second-order valence-corrected chi connectivity index (χ2v) is 9.85. The largest absolute Gasteiger partial charge is 0.251 e. The van der Waals surface area contributed by atoms with Gasteiger partial charge < -0.3 is 0 Å². The molecule has 0 saturated carbocycles. The van der Waals surface area contributed by atoms with Gasteiger partial charge in [0.15, 0.2) is 0 Å². The molecule has 2 nitrogen and oxygen atoms in total. The number of rotatable bonds is 6. The molecule has 0 aliphatic rings. The first-order valence-corrected chi connectivity index (χ1v) is 12.1. The Balaban J connectivity index is 1.79. The van der Waals surface area contributed by atoms with Crippen molar-refractivity contribution in [2.45, 2.75) is 56.2 Å². The van der Waals surface area contributed by atoms with E-state index >= 15 is 0 Å². The van der Waals surface area contributed by atoms with Crippen molar-refractivity contribution in [3.05, 3.63) is 95.7 Å². The molecule has 0 atom stereocenters. The molecule has 32 heavy (non-hydrogen) atoms. The summed E-state index contributed by atoms with van der Waals surface area (Å²) in [7, 11) is 0. The predicted molar refractivity (Wildman–Crippen MR) is 139 cm³/mol. The van der Waals surface area contributed by atoms with Gasteiger partial charge in [-0.25, -0.2) is 4.98 Å². The van der Waals surface area contributed by atoms with Crippen molar-refractivity contribution in [3.8, 4) is 0 Å². The number of hydrogen-bond acceptors (Lipinski definition) is 3. The second kappa shape index (κ2) is 9.70. The molecule has 0 radical (unpaired) electrons. The van der Waals surface area contributed by atoms with E-state index in [1.54, 1.807) is 11.8 Å². The van der Waals surface area contributed by atoms with E-state index in [4.69, 9.17) is 9.98 Å². The molecule has 0 aliphatic heterocycles. The van der Waals surface area contributed by atoms with Gasteiger partial charge >= 0.3 is 0 Å². The first-order valence-electron chi connectivity index (χ1n) is 11.2. The van der Waals surface area contributed by atoms with Gasteiger partial charge in [0.25, 0.3) is 0 Å². The summed E-state index contributed by atoms with van der Waals surface area (Å²) in [4.78, 5) is 12.6. The second-order valence-electron chi connectivity index (χ2n) is 8.73. The number of fused-ring (bicyclic) bond motifs is 1. The zero-order chi connectivity index (χ0) is 22.7. The normalized spacial score (nSPS) is 12.2. The minimum Gasteiger partial charge on any atom is -0.251 e. The average molecular weight is 439 g/mol. The number of benzene rings is 3. The molecule has 0 amide bonds. The Bertz CT molecular complexity index is 1230. The van der Waals surface area contributed by atoms with E-state index in [1.165, 1.54) is 16.0 Å². The lowest BCUT2D eigenvalue weighted by Crippen LogP contribution is -2.02. The molecule has 0 aliphatic carbocycles. The highest BCUT2D eigenvalue weighted by molar-refractivity contribution is 7.99. The van der Waals surface area contributed by atoms with E-state index in [0.717, 1.165) is 32.9 Å². The van der Waals surface area contributed by atoms with Gasteiger partial charge in [0.2, 0.25) is 0 Å². The fourth-order valence-corrected chi connectivity index (χ4v) is 4.84. The van der Waals surface area contributed by atoms with Gasteiger partial charge in [-0.15, -0.1) is 0 Å². The lowest BCUT2D eigenvalue weighted by atomic mass is 9.93. The number of para-hydroxylation sites is 2. The number of nitrogens with zero attached hydrogens (tertiary/aromatic N) is 2. The van der Waals surface area contributed by atoms with E-state index < -0.39 is 0 Å². The van der Waals surface area contributed by atoms with Crippen LogP contribution in [0.5, 0.6) is 0 Å². The van der Waals surface area contributed by atoms with Crippen LogP contribution in [0, 0.1) is 0 Å². The summed E-state index contributed by atoms with van der Waals surface area (Å²) in [6, 6.07) is 27.6. The van der Waals surface area contributed by atoms with Crippen molar-refractivity contribution in [2.24, 2.45) is 4.99 Å². The van der Waals surface area contributed by atoms with E-state index in [1.807, 2.05) is 6.07 Å². The van der Waals surface area contributed by atoms with Gasteiger partial charge in [0, 0.05) is 15.2 Å². The zero-order valence-electron chi connectivity index (χ0n) is 19.5. The molecular weight excluding hydrogens is 408 g/mol. The van der Waals surface area contributed by atoms with Crippen LogP contribution in [-0.4, -0.2) is 10.7 Å². The molecule has 0 saturated heterocycles. The summed E-state index contributed by atoms with van der Waals surface area (Å²) in [5.41, 5.74) is 6.57. The Morgan fingerprint density at radius 3 is 2.06 bits per heavy atom. The maximum absolute atomic E-state index is 5.14. The summed E-state index contributed by atoms with van der Waals surface area (Å²) in [6.07, 6.45) is 0. The summed E-state index contributed by atoms with van der Waals surface area (Å²) in [6.45, 7) is 11.0. The van der Waals surface area contributed by atoms with Crippen molar-refractivity contribution in [3.63, 3.8) is 0 Å². The molecule has 1 aromatic heterocycles. The van der Waals surface area contributed by atoms with Crippen LogP contribution in [-0.2, 0) is 0 Å². The predicted octanol–water partition coefficient (Wildman–Crippen LogP) is 8.77. The molecule has 3 aromatic carbocycles. The fourth-order valence-electron chi connectivity index (χ4n) is 3.89. The first kappa shape index (κ1) is 22.3. The quantitative estimate of drug-likeness (QED) is 0.281. The van der Waals surface area contributed by atoms with Gasteiger partial charge in [-0.3, -0.25) is 4.99 Å². The van der Waals surface area contributed by atoms with Crippen molar-refractivity contribution in [1.29, 1.82) is 0 Å². The minimum absolute atomic E-state index is 0.415. The highest BCUT2D eigenvalue weighted by Gasteiger charge is 2.14. The van der Waals surface area contributed by atoms with Crippen molar-refractivity contribution in [2.75, 3.05) is 0 Å². The third-order valence-electron chi connectivity index (χ3n) is 5.65. The minimum atomic E-state index is 0.415. The molecule has 1 heterocycles. The highest BCUT2D eigenvalue weighted by atomic mass is 32.2. The third kappa shape index (κ3) is 4.78. The summed E-state index contributed by atoms with van der Waals surface area (Å²) >= 11 is 1.75. The van der Waals surface area contributed by atoms with Gasteiger partial charge in [0.1, 0.15) is 0 Å². The van der Waals surface area contributed by atoms with Crippen LogP contribution in [0.3, 0.4) is 0 Å². The van der Waals surface area contributed by atoms with E-state index in [9.17, 15) is 0 Å². The van der Waals surface area contributed by atoms with Gasteiger partial charge in [0.05, 0.1) is 22.6 Å². The maximum atomic E-state index is 5.14. The van der Waals surface area contributed by atoms with Crippen molar-refractivity contribution >= 4 is 34.1 Å². The summed E-state index contributed by atoms with van der Waals surface area (Å²) < 4.78 is 0. The SMILES string of the molecule is CC(=Nc1c(C(C)C)cccc1C(C)C)c1ccc2cccc(Sc3ccccc3)c2n1. The van der Waals surface area contributed by atoms with E-state index in [0.29, 0.717) is 11.8 Å². The van der Waals surface area contributed by atoms with Crippen molar-refractivity contribution in [1.82, 2.24) is 4.98 Å². The number of pyridine rings is 1. The lowest BCUT2D eigenvalue weighted by Gasteiger charge is -2.17. The molecular formula is C29H30N2S. The topological polar surface area (TPSA) is 25.2 Å². The molecule has 0 unspecified atom stereocenters. The maximum Gasteiger partial charge on any atom is 0.0850 e. The molecule has 3 heteroatoms. The molecule has 4 aromatic rings. The van der Waals surface area contributed by atoms with Crippen LogP contribution in [0.4, 0.5) is 5.69 Å². The Morgan fingerprint density at radius 1 is 0.750 bits per heavy atom. The monoisotopic (exact) mass is 438 g/mol. The number of aliphatic imine (C=N–C) groups is 1. The fraction of sp³-hybridized carbons (Fsp3) is 0.241.